The van der Waals surface area contributed by atoms with E-state index in [-0.39, 0.29) is 12.2 Å². The standard InChI is InChI=1S/C14H14FN3O3/c1-8-6-9(2)18(17-8)7-12(19)16-11-5-3-4-10(15)13(11)14(20)21/h3-6H,7H2,1-2H3,(H,16,19)(H,20,21). The van der Waals surface area contributed by atoms with Crippen molar-refractivity contribution in [3.8, 4) is 0 Å². The van der Waals surface area contributed by atoms with Crippen molar-refractivity contribution in [2.24, 2.45) is 0 Å². The van der Waals surface area contributed by atoms with Crippen LogP contribution < -0.4 is 5.32 Å². The van der Waals surface area contributed by atoms with Gasteiger partial charge in [-0.05, 0) is 32.0 Å². The molecule has 1 amide bonds. The maximum absolute atomic E-state index is 13.5. The first-order valence-electron chi connectivity index (χ1n) is 6.21. The number of carboxylic acids is 1. The zero-order chi connectivity index (χ0) is 15.6. The molecule has 0 atom stereocenters. The number of aromatic nitrogens is 2. The molecule has 2 aromatic rings. The number of carbonyl (C=O) groups excluding carboxylic acids is 1. The van der Waals surface area contributed by atoms with Gasteiger partial charge in [0.15, 0.2) is 0 Å². The van der Waals surface area contributed by atoms with Crippen LogP contribution >= 0.6 is 0 Å². The van der Waals surface area contributed by atoms with Crippen LogP contribution in [0.3, 0.4) is 0 Å². The molecule has 110 valence electrons. The Balaban J connectivity index is 2.19. The first-order chi connectivity index (χ1) is 9.88. The summed E-state index contributed by atoms with van der Waals surface area (Å²) in [7, 11) is 0. The molecule has 0 saturated heterocycles. The molecule has 2 N–H and O–H groups in total. The molecule has 0 spiro atoms. The Morgan fingerprint density at radius 3 is 2.67 bits per heavy atom. The second-order valence-electron chi connectivity index (χ2n) is 4.60. The summed E-state index contributed by atoms with van der Waals surface area (Å²) in [5.41, 5.74) is 0.950. The first-order valence-corrected chi connectivity index (χ1v) is 6.21. The molecule has 0 aliphatic carbocycles. The fourth-order valence-corrected chi connectivity index (χ4v) is 2.01. The number of halogens is 1. The third-order valence-corrected chi connectivity index (χ3v) is 2.90. The molecule has 0 fully saturated rings. The van der Waals surface area contributed by atoms with E-state index >= 15 is 0 Å². The van der Waals surface area contributed by atoms with Gasteiger partial charge in [-0.2, -0.15) is 5.10 Å². The van der Waals surface area contributed by atoms with Crippen LogP contribution in [0.25, 0.3) is 0 Å². The van der Waals surface area contributed by atoms with Gasteiger partial charge in [-0.15, -0.1) is 0 Å². The molecule has 0 bridgehead atoms. The zero-order valence-electron chi connectivity index (χ0n) is 11.6. The summed E-state index contributed by atoms with van der Waals surface area (Å²) >= 11 is 0. The van der Waals surface area contributed by atoms with Gasteiger partial charge < -0.3 is 10.4 Å². The number of benzene rings is 1. The van der Waals surface area contributed by atoms with Crippen LogP contribution in [-0.4, -0.2) is 26.8 Å². The van der Waals surface area contributed by atoms with Gasteiger partial charge in [0.1, 0.15) is 17.9 Å². The van der Waals surface area contributed by atoms with E-state index in [0.29, 0.717) is 0 Å². The van der Waals surface area contributed by atoms with E-state index in [1.807, 2.05) is 6.07 Å². The number of rotatable bonds is 4. The number of hydrogen-bond donors (Lipinski definition) is 2. The number of carboxylic acid groups (broad SMARTS) is 1. The van der Waals surface area contributed by atoms with Crippen molar-refractivity contribution in [1.82, 2.24) is 9.78 Å². The molecule has 0 aliphatic heterocycles. The van der Waals surface area contributed by atoms with Crippen LogP contribution in [0, 0.1) is 19.7 Å². The SMILES string of the molecule is Cc1cc(C)n(CC(=O)Nc2cccc(F)c2C(=O)O)n1. The van der Waals surface area contributed by atoms with E-state index in [2.05, 4.69) is 10.4 Å². The molecule has 0 unspecified atom stereocenters. The maximum atomic E-state index is 13.5. The lowest BCUT2D eigenvalue weighted by atomic mass is 10.1. The number of carbonyl (C=O) groups is 2. The van der Waals surface area contributed by atoms with E-state index in [4.69, 9.17) is 5.11 Å². The van der Waals surface area contributed by atoms with Crippen LogP contribution in [-0.2, 0) is 11.3 Å². The number of aromatic carboxylic acids is 1. The largest absolute Gasteiger partial charge is 0.478 e. The average Bonchev–Trinajstić information content (AvgIpc) is 2.67. The van der Waals surface area contributed by atoms with Gasteiger partial charge in [-0.3, -0.25) is 9.48 Å². The predicted molar refractivity (Wildman–Crippen MR) is 73.7 cm³/mol. The van der Waals surface area contributed by atoms with Crippen LogP contribution in [0.4, 0.5) is 10.1 Å². The van der Waals surface area contributed by atoms with Crippen molar-refractivity contribution in [3.63, 3.8) is 0 Å². The van der Waals surface area contributed by atoms with E-state index in [0.717, 1.165) is 17.5 Å². The molecule has 1 heterocycles. The highest BCUT2D eigenvalue weighted by atomic mass is 19.1. The Morgan fingerprint density at radius 1 is 1.38 bits per heavy atom. The molecule has 1 aromatic heterocycles. The quantitative estimate of drug-likeness (QED) is 0.902. The Kier molecular flexibility index (Phi) is 4.02. The highest BCUT2D eigenvalue weighted by Gasteiger charge is 2.17. The number of nitrogens with zero attached hydrogens (tertiary/aromatic N) is 2. The minimum Gasteiger partial charge on any atom is -0.478 e. The smallest absolute Gasteiger partial charge is 0.340 e. The summed E-state index contributed by atoms with van der Waals surface area (Å²) in [6.07, 6.45) is 0. The molecule has 6 nitrogen and oxygen atoms in total. The minimum atomic E-state index is -1.44. The molecule has 0 saturated carbocycles. The van der Waals surface area contributed by atoms with Crippen LogP contribution in [0.1, 0.15) is 21.7 Å². The zero-order valence-corrected chi connectivity index (χ0v) is 11.6. The van der Waals surface area contributed by atoms with Gasteiger partial charge in [0.05, 0.1) is 11.4 Å². The van der Waals surface area contributed by atoms with Crippen LogP contribution in [0.2, 0.25) is 0 Å². The summed E-state index contributed by atoms with van der Waals surface area (Å²) in [6, 6.07) is 5.52. The number of hydrogen-bond acceptors (Lipinski definition) is 3. The van der Waals surface area contributed by atoms with Crippen molar-refractivity contribution < 1.29 is 19.1 Å². The fourth-order valence-electron chi connectivity index (χ4n) is 2.01. The molecule has 7 heteroatoms. The highest BCUT2D eigenvalue weighted by Crippen LogP contribution is 2.19. The third-order valence-electron chi connectivity index (χ3n) is 2.90. The number of amides is 1. The summed E-state index contributed by atoms with van der Waals surface area (Å²) in [5.74, 6) is -2.81. The molecule has 2 rings (SSSR count). The number of anilines is 1. The summed E-state index contributed by atoms with van der Waals surface area (Å²) < 4.78 is 15.0. The average molecular weight is 291 g/mol. The summed E-state index contributed by atoms with van der Waals surface area (Å²) in [5, 5.41) is 15.5. The van der Waals surface area contributed by atoms with Gasteiger partial charge in [-0.1, -0.05) is 6.07 Å². The van der Waals surface area contributed by atoms with E-state index in [1.165, 1.54) is 16.8 Å². The van der Waals surface area contributed by atoms with Crippen molar-refractivity contribution in [2.45, 2.75) is 20.4 Å². The van der Waals surface area contributed by atoms with E-state index < -0.39 is 23.3 Å². The van der Waals surface area contributed by atoms with Gasteiger partial charge in [-0.25, -0.2) is 9.18 Å². The lowest BCUT2D eigenvalue weighted by Gasteiger charge is -2.10. The monoisotopic (exact) mass is 291 g/mol. The molecule has 0 radical (unpaired) electrons. The second kappa shape index (κ2) is 5.74. The summed E-state index contributed by atoms with van der Waals surface area (Å²) in [6.45, 7) is 3.53. The molecule has 0 aliphatic rings. The Morgan fingerprint density at radius 2 is 2.10 bits per heavy atom. The van der Waals surface area contributed by atoms with Crippen molar-refractivity contribution in [2.75, 3.05) is 5.32 Å². The van der Waals surface area contributed by atoms with Crippen molar-refractivity contribution >= 4 is 17.6 Å². The van der Waals surface area contributed by atoms with Gasteiger partial charge in [0, 0.05) is 5.69 Å². The lowest BCUT2D eigenvalue weighted by Crippen LogP contribution is -2.22. The molecular formula is C14H14FN3O3. The van der Waals surface area contributed by atoms with E-state index in [9.17, 15) is 14.0 Å². The number of nitrogens with one attached hydrogen (secondary N) is 1. The van der Waals surface area contributed by atoms with Crippen LogP contribution in [0.15, 0.2) is 24.3 Å². The molecule has 1 aromatic carbocycles. The van der Waals surface area contributed by atoms with Gasteiger partial charge in [0.25, 0.3) is 0 Å². The highest BCUT2D eigenvalue weighted by molar-refractivity contribution is 6.00. The summed E-state index contributed by atoms with van der Waals surface area (Å²) in [4.78, 5) is 23.0. The Labute approximate surface area is 120 Å². The molecular weight excluding hydrogens is 277 g/mol. The fraction of sp³-hybridized carbons (Fsp3) is 0.214. The maximum Gasteiger partial charge on any atom is 0.340 e. The molecule has 21 heavy (non-hydrogen) atoms. The third kappa shape index (κ3) is 3.25. The van der Waals surface area contributed by atoms with Crippen molar-refractivity contribution in [3.05, 3.63) is 47.0 Å². The Bertz CT molecular complexity index is 709. The Hall–Kier alpha value is -2.70. The lowest BCUT2D eigenvalue weighted by molar-refractivity contribution is -0.116. The van der Waals surface area contributed by atoms with Crippen LogP contribution in [0.5, 0.6) is 0 Å². The number of aryl methyl sites for hydroxylation is 2. The van der Waals surface area contributed by atoms with Crippen molar-refractivity contribution in [1.29, 1.82) is 0 Å². The minimum absolute atomic E-state index is 0.0742. The second-order valence-corrected chi connectivity index (χ2v) is 4.60. The van der Waals surface area contributed by atoms with Gasteiger partial charge in [0.2, 0.25) is 5.91 Å². The van der Waals surface area contributed by atoms with E-state index in [1.54, 1.807) is 13.8 Å². The topological polar surface area (TPSA) is 84.2 Å². The predicted octanol–water partition coefficient (Wildman–Crippen LogP) is 1.98. The van der Waals surface area contributed by atoms with Gasteiger partial charge >= 0.3 is 5.97 Å². The normalized spacial score (nSPS) is 10.4. The first kappa shape index (κ1) is 14.7.